The summed E-state index contributed by atoms with van der Waals surface area (Å²) in [5.74, 6) is 0.658. The average molecular weight is 480 g/mol. The van der Waals surface area contributed by atoms with Crippen molar-refractivity contribution in [3.63, 3.8) is 0 Å². The van der Waals surface area contributed by atoms with Crippen LogP contribution in [-0.2, 0) is 6.42 Å². The number of nitrogens with zero attached hydrogens (tertiary/aromatic N) is 4. The molecule has 2 aromatic carbocycles. The van der Waals surface area contributed by atoms with Gasteiger partial charge in [0.2, 0.25) is 5.13 Å². The van der Waals surface area contributed by atoms with Crippen LogP contribution in [0.25, 0.3) is 16.9 Å². The molecule has 0 radical (unpaired) electrons. The molecule has 1 N–H and O–H groups in total. The third kappa shape index (κ3) is 3.69. The number of nitrogens with one attached hydrogen (secondary N) is 1. The maximum absolute atomic E-state index is 13.6. The minimum absolute atomic E-state index is 0.213. The minimum atomic E-state index is -0.379. The van der Waals surface area contributed by atoms with Crippen LogP contribution in [0.3, 0.4) is 0 Å². The van der Waals surface area contributed by atoms with Crippen LogP contribution in [0.5, 0.6) is 11.5 Å². The van der Waals surface area contributed by atoms with Crippen LogP contribution in [0.15, 0.2) is 36.4 Å². The van der Waals surface area contributed by atoms with Crippen molar-refractivity contribution in [2.75, 3.05) is 19.5 Å². The van der Waals surface area contributed by atoms with E-state index >= 15 is 0 Å². The molecule has 0 saturated carbocycles. The Balaban J connectivity index is 1.62. The van der Waals surface area contributed by atoms with Crippen LogP contribution in [0.4, 0.5) is 9.52 Å². The molecule has 8 nitrogen and oxygen atoms in total. The molecule has 34 heavy (non-hydrogen) atoms. The number of carbonyl (C=O) groups is 1. The molecule has 0 bridgehead atoms. The van der Waals surface area contributed by atoms with Crippen LogP contribution in [0, 0.1) is 5.82 Å². The molecule has 1 amide bonds. The number of hydrogen-bond donors (Lipinski definition) is 1. The summed E-state index contributed by atoms with van der Waals surface area (Å²) < 4.78 is 26.2. The first kappa shape index (κ1) is 22.0. The van der Waals surface area contributed by atoms with E-state index in [1.54, 1.807) is 31.0 Å². The second kappa shape index (κ2) is 8.53. The Bertz CT molecular complexity index is 1390. The molecule has 1 aliphatic carbocycles. The normalized spacial score (nSPS) is 11.9. The molecule has 2 aromatic heterocycles. The molecule has 0 saturated heterocycles. The van der Waals surface area contributed by atoms with Gasteiger partial charge < -0.3 is 9.47 Å². The van der Waals surface area contributed by atoms with E-state index in [9.17, 15) is 9.18 Å². The topological polar surface area (TPSA) is 91.2 Å². The number of benzene rings is 2. The van der Waals surface area contributed by atoms with Gasteiger partial charge >= 0.3 is 0 Å². The Hall–Kier alpha value is -3.79. The van der Waals surface area contributed by atoms with Gasteiger partial charge in [0.05, 0.1) is 25.6 Å². The van der Waals surface area contributed by atoms with Crippen molar-refractivity contribution in [1.29, 1.82) is 0 Å². The molecular formula is C24H22FN5O3S. The lowest BCUT2D eigenvalue weighted by Gasteiger charge is -2.12. The van der Waals surface area contributed by atoms with Crippen molar-refractivity contribution in [2.45, 2.75) is 26.2 Å². The molecule has 0 atom stereocenters. The highest BCUT2D eigenvalue weighted by molar-refractivity contribution is 7.15. The van der Waals surface area contributed by atoms with Crippen LogP contribution < -0.4 is 14.8 Å². The summed E-state index contributed by atoms with van der Waals surface area (Å²) >= 11 is 1.34. The molecule has 0 aliphatic heterocycles. The van der Waals surface area contributed by atoms with Gasteiger partial charge in [-0.05, 0) is 42.0 Å². The number of methoxy groups -OCH3 is 2. The number of carbonyl (C=O) groups excluding carboxylic acids is 1. The Labute approximate surface area is 199 Å². The molecule has 0 spiro atoms. The molecule has 2 heterocycles. The van der Waals surface area contributed by atoms with Crippen LogP contribution in [0.2, 0.25) is 0 Å². The van der Waals surface area contributed by atoms with E-state index < -0.39 is 0 Å². The van der Waals surface area contributed by atoms with Crippen molar-refractivity contribution < 1.29 is 18.7 Å². The number of ether oxygens (including phenoxy) is 2. The van der Waals surface area contributed by atoms with Crippen LogP contribution >= 0.6 is 11.3 Å². The minimum Gasteiger partial charge on any atom is -0.493 e. The third-order valence-electron chi connectivity index (χ3n) is 5.66. The fourth-order valence-corrected chi connectivity index (χ4v) is 4.74. The first-order valence-electron chi connectivity index (χ1n) is 10.7. The van der Waals surface area contributed by atoms with Gasteiger partial charge in [-0.3, -0.25) is 10.1 Å². The van der Waals surface area contributed by atoms with Gasteiger partial charge in [-0.15, -0.1) is 10.2 Å². The molecule has 1 aliphatic rings. The number of amides is 1. The summed E-state index contributed by atoms with van der Waals surface area (Å²) in [6, 6.07) is 9.77. The highest BCUT2D eigenvalue weighted by Crippen LogP contribution is 2.45. The molecular weight excluding hydrogens is 457 g/mol. The third-order valence-corrected chi connectivity index (χ3v) is 6.80. The van der Waals surface area contributed by atoms with Gasteiger partial charge in [-0.2, -0.15) is 5.10 Å². The van der Waals surface area contributed by atoms with Crippen molar-refractivity contribution in [3.8, 4) is 28.4 Å². The summed E-state index contributed by atoms with van der Waals surface area (Å²) in [6.45, 7) is 4.03. The lowest BCUT2D eigenvalue weighted by atomic mass is 10.1. The second-order valence-corrected chi connectivity index (χ2v) is 9.17. The predicted octanol–water partition coefficient (Wildman–Crippen LogP) is 4.83. The molecule has 0 unspecified atom stereocenters. The molecule has 0 fully saturated rings. The maximum atomic E-state index is 13.6. The SMILES string of the molecule is COc1cc2c(cc1OC)-c1c(c(C(=O)Nc3nnc(C(C)C)s3)nn1-c1ccc(F)cc1)C2. The maximum Gasteiger partial charge on any atom is 0.278 e. The Morgan fingerprint density at radius 3 is 2.47 bits per heavy atom. The second-order valence-electron chi connectivity index (χ2n) is 8.16. The zero-order chi connectivity index (χ0) is 24.0. The number of rotatable bonds is 6. The quantitative estimate of drug-likeness (QED) is 0.375. The number of fused-ring (bicyclic) bond motifs is 3. The highest BCUT2D eigenvalue weighted by atomic mass is 32.1. The van der Waals surface area contributed by atoms with Gasteiger partial charge in [-0.25, -0.2) is 9.07 Å². The van der Waals surface area contributed by atoms with E-state index in [1.807, 2.05) is 26.0 Å². The summed E-state index contributed by atoms with van der Waals surface area (Å²) in [6.07, 6.45) is 0.488. The zero-order valence-corrected chi connectivity index (χ0v) is 19.9. The van der Waals surface area contributed by atoms with Gasteiger partial charge in [0.15, 0.2) is 17.2 Å². The Morgan fingerprint density at radius 2 is 1.82 bits per heavy atom. The predicted molar refractivity (Wildman–Crippen MR) is 127 cm³/mol. The van der Waals surface area contributed by atoms with E-state index in [0.717, 1.165) is 27.4 Å². The van der Waals surface area contributed by atoms with Gasteiger partial charge in [0.25, 0.3) is 5.91 Å². The number of hydrogen-bond acceptors (Lipinski definition) is 7. The van der Waals surface area contributed by atoms with E-state index in [2.05, 4.69) is 20.6 Å². The van der Waals surface area contributed by atoms with Crippen LogP contribution in [0.1, 0.15) is 46.4 Å². The molecule has 10 heteroatoms. The summed E-state index contributed by atoms with van der Waals surface area (Å²) in [7, 11) is 3.16. The average Bonchev–Trinajstić information content (AvgIpc) is 3.53. The van der Waals surface area contributed by atoms with Crippen LogP contribution in [-0.4, -0.2) is 40.1 Å². The monoisotopic (exact) mass is 479 g/mol. The zero-order valence-electron chi connectivity index (χ0n) is 19.0. The standard InChI is InChI=1S/C24H22FN5O3S/c1-12(2)23-27-28-24(34-23)26-22(31)20-17-9-13-10-18(32-3)19(33-4)11-16(13)21(17)30(29-20)15-7-5-14(25)6-8-15/h5-8,10-12H,9H2,1-4H3,(H,26,28,31). The molecule has 5 rings (SSSR count). The van der Waals surface area contributed by atoms with E-state index in [4.69, 9.17) is 9.47 Å². The summed E-state index contributed by atoms with van der Waals surface area (Å²) in [4.78, 5) is 13.3. The lowest BCUT2D eigenvalue weighted by molar-refractivity contribution is 0.102. The fraction of sp³-hybridized carbons (Fsp3) is 0.250. The van der Waals surface area contributed by atoms with Gasteiger partial charge in [0.1, 0.15) is 10.8 Å². The van der Waals surface area contributed by atoms with E-state index in [-0.39, 0.29) is 23.3 Å². The van der Waals surface area contributed by atoms with E-state index in [0.29, 0.717) is 28.7 Å². The largest absolute Gasteiger partial charge is 0.493 e. The first-order chi connectivity index (χ1) is 16.4. The highest BCUT2D eigenvalue weighted by Gasteiger charge is 2.33. The fourth-order valence-electron chi connectivity index (χ4n) is 4.00. The van der Waals surface area contributed by atoms with Crippen molar-refractivity contribution in [1.82, 2.24) is 20.0 Å². The van der Waals surface area contributed by atoms with Crippen molar-refractivity contribution >= 4 is 22.4 Å². The summed E-state index contributed by atoms with van der Waals surface area (Å²) in [5, 5.41) is 16.9. The Morgan fingerprint density at radius 1 is 1.12 bits per heavy atom. The van der Waals surface area contributed by atoms with Gasteiger partial charge in [0, 0.05) is 23.5 Å². The van der Waals surface area contributed by atoms with E-state index in [1.165, 1.54) is 23.5 Å². The number of anilines is 1. The van der Waals surface area contributed by atoms with Crippen molar-refractivity contribution in [2.24, 2.45) is 0 Å². The molecule has 4 aromatic rings. The smallest absolute Gasteiger partial charge is 0.278 e. The van der Waals surface area contributed by atoms with Crippen molar-refractivity contribution in [3.05, 3.63) is 64.0 Å². The lowest BCUT2D eigenvalue weighted by Crippen LogP contribution is -2.15. The first-order valence-corrected chi connectivity index (χ1v) is 11.5. The van der Waals surface area contributed by atoms with Gasteiger partial charge in [-0.1, -0.05) is 25.2 Å². The number of aromatic nitrogens is 4. The summed E-state index contributed by atoms with van der Waals surface area (Å²) in [5.41, 5.74) is 4.29. The Kier molecular flexibility index (Phi) is 5.52. The molecule has 174 valence electrons. The number of halogens is 1.